The largest absolute Gasteiger partial charge is 0.495 e. The highest BCUT2D eigenvalue weighted by Crippen LogP contribution is 2.30. The number of rotatable bonds is 3. The number of imidazole rings is 1. The quantitative estimate of drug-likeness (QED) is 0.944. The van der Waals surface area contributed by atoms with Gasteiger partial charge in [0.2, 0.25) is 0 Å². The molecule has 1 fully saturated rings. The van der Waals surface area contributed by atoms with Crippen LogP contribution in [0.3, 0.4) is 0 Å². The zero-order chi connectivity index (χ0) is 13.2. The molecule has 1 saturated heterocycles. The summed E-state index contributed by atoms with van der Waals surface area (Å²) in [6.07, 6.45) is 6.19. The fraction of sp³-hybridized carbons (Fsp3) is 0.357. The second-order valence-corrected chi connectivity index (χ2v) is 5.51. The lowest BCUT2D eigenvalue weighted by atomic mass is 10.1. The summed E-state index contributed by atoms with van der Waals surface area (Å²) in [7, 11) is 1.68. The Morgan fingerprint density at radius 3 is 3.11 bits per heavy atom. The van der Waals surface area contributed by atoms with Crippen LogP contribution >= 0.6 is 15.9 Å². The van der Waals surface area contributed by atoms with Crippen molar-refractivity contribution in [2.75, 3.05) is 13.7 Å². The summed E-state index contributed by atoms with van der Waals surface area (Å²) in [6.45, 7) is 1.08. The van der Waals surface area contributed by atoms with Crippen LogP contribution in [0, 0.1) is 0 Å². The van der Waals surface area contributed by atoms with Crippen LogP contribution in [-0.2, 0) is 0 Å². The molecular weight excluding hydrogens is 306 g/mol. The predicted molar refractivity (Wildman–Crippen MR) is 77.8 cm³/mol. The number of nitrogens with zero attached hydrogens (tertiary/aromatic N) is 2. The number of nitrogens with one attached hydrogen (secondary N) is 1. The van der Waals surface area contributed by atoms with Crippen LogP contribution in [0.5, 0.6) is 5.75 Å². The van der Waals surface area contributed by atoms with E-state index in [9.17, 15) is 0 Å². The van der Waals surface area contributed by atoms with Crippen LogP contribution in [0.2, 0.25) is 0 Å². The Balaban J connectivity index is 2.00. The molecule has 1 N–H and O–H groups in total. The van der Waals surface area contributed by atoms with E-state index in [4.69, 9.17) is 4.74 Å². The van der Waals surface area contributed by atoms with Gasteiger partial charge in [-0.2, -0.15) is 0 Å². The fourth-order valence-electron chi connectivity index (χ4n) is 2.51. The van der Waals surface area contributed by atoms with E-state index in [0.29, 0.717) is 6.04 Å². The second-order valence-electron chi connectivity index (χ2n) is 4.66. The van der Waals surface area contributed by atoms with Gasteiger partial charge >= 0.3 is 0 Å². The van der Waals surface area contributed by atoms with Gasteiger partial charge in [-0.1, -0.05) is 0 Å². The van der Waals surface area contributed by atoms with Crippen molar-refractivity contribution in [1.82, 2.24) is 14.9 Å². The van der Waals surface area contributed by atoms with Crippen LogP contribution in [0.15, 0.2) is 35.2 Å². The van der Waals surface area contributed by atoms with Gasteiger partial charge in [0, 0.05) is 12.1 Å². The predicted octanol–water partition coefficient (Wildman–Crippen LogP) is 3.07. The molecule has 0 bridgehead atoms. The average molecular weight is 322 g/mol. The molecule has 0 saturated carbocycles. The zero-order valence-electron chi connectivity index (χ0n) is 10.8. The topological polar surface area (TPSA) is 39.1 Å². The molecule has 2 aromatic rings. The monoisotopic (exact) mass is 321 g/mol. The van der Waals surface area contributed by atoms with Gasteiger partial charge in [0.05, 0.1) is 35.5 Å². The van der Waals surface area contributed by atoms with E-state index in [0.717, 1.165) is 22.5 Å². The molecule has 19 heavy (non-hydrogen) atoms. The summed E-state index contributed by atoms with van der Waals surface area (Å²) in [5, 5.41) is 3.51. The van der Waals surface area contributed by atoms with Gasteiger partial charge in [-0.15, -0.1) is 0 Å². The van der Waals surface area contributed by atoms with Crippen molar-refractivity contribution in [3.63, 3.8) is 0 Å². The van der Waals surface area contributed by atoms with E-state index in [2.05, 4.69) is 36.9 Å². The first-order valence-corrected chi connectivity index (χ1v) is 7.18. The number of hydrogen-bond donors (Lipinski definition) is 1. The molecule has 5 heteroatoms. The molecule has 1 unspecified atom stereocenters. The molecule has 2 heterocycles. The SMILES string of the molecule is COc1cc(-n2cncc2C2CCCN2)ccc1Br. The second kappa shape index (κ2) is 5.35. The molecule has 1 atom stereocenters. The minimum atomic E-state index is 0.400. The molecule has 100 valence electrons. The van der Waals surface area contributed by atoms with E-state index in [1.807, 2.05) is 24.7 Å². The van der Waals surface area contributed by atoms with Crippen LogP contribution < -0.4 is 10.1 Å². The molecular formula is C14H16BrN3O. The molecule has 0 spiro atoms. The lowest BCUT2D eigenvalue weighted by Crippen LogP contribution is -2.16. The summed E-state index contributed by atoms with van der Waals surface area (Å²) in [5.74, 6) is 0.830. The highest BCUT2D eigenvalue weighted by atomic mass is 79.9. The van der Waals surface area contributed by atoms with Crippen molar-refractivity contribution < 1.29 is 4.74 Å². The molecule has 1 aromatic heterocycles. The fourth-order valence-corrected chi connectivity index (χ4v) is 2.92. The van der Waals surface area contributed by atoms with Crippen LogP contribution in [0.1, 0.15) is 24.6 Å². The Hall–Kier alpha value is -1.33. The van der Waals surface area contributed by atoms with E-state index in [1.54, 1.807) is 7.11 Å². The summed E-state index contributed by atoms with van der Waals surface area (Å²) >= 11 is 3.48. The van der Waals surface area contributed by atoms with Crippen molar-refractivity contribution in [2.24, 2.45) is 0 Å². The first kappa shape index (κ1) is 12.7. The third-order valence-electron chi connectivity index (χ3n) is 3.50. The standard InChI is InChI=1S/C14H16BrN3O/c1-19-14-7-10(4-5-11(14)15)18-9-16-8-13(18)12-3-2-6-17-12/h4-5,7-9,12,17H,2-3,6H2,1H3. The van der Waals surface area contributed by atoms with Crippen LogP contribution in [-0.4, -0.2) is 23.2 Å². The molecule has 1 aliphatic rings. The Morgan fingerprint density at radius 2 is 2.37 bits per heavy atom. The van der Waals surface area contributed by atoms with E-state index >= 15 is 0 Å². The molecule has 3 rings (SSSR count). The molecule has 0 aliphatic carbocycles. The first-order chi connectivity index (χ1) is 9.29. The molecule has 1 aromatic carbocycles. The van der Waals surface area contributed by atoms with Gasteiger partial charge in [0.1, 0.15) is 5.75 Å². The Labute approximate surface area is 120 Å². The highest BCUT2D eigenvalue weighted by molar-refractivity contribution is 9.10. The molecule has 1 aliphatic heterocycles. The summed E-state index contributed by atoms with van der Waals surface area (Å²) in [4.78, 5) is 4.29. The van der Waals surface area contributed by atoms with E-state index < -0.39 is 0 Å². The number of benzene rings is 1. The van der Waals surface area contributed by atoms with Gasteiger partial charge in [0.25, 0.3) is 0 Å². The third kappa shape index (κ3) is 2.40. The number of methoxy groups -OCH3 is 1. The highest BCUT2D eigenvalue weighted by Gasteiger charge is 2.20. The van der Waals surface area contributed by atoms with Crippen molar-refractivity contribution in [3.8, 4) is 11.4 Å². The minimum absolute atomic E-state index is 0.400. The van der Waals surface area contributed by atoms with Gasteiger partial charge in [0.15, 0.2) is 0 Å². The number of ether oxygens (including phenoxy) is 1. The normalized spacial score (nSPS) is 18.7. The summed E-state index contributed by atoms with van der Waals surface area (Å²) < 4.78 is 8.43. The van der Waals surface area contributed by atoms with Gasteiger partial charge in [-0.25, -0.2) is 4.98 Å². The number of hydrogen-bond acceptors (Lipinski definition) is 3. The average Bonchev–Trinajstić information content (AvgIpc) is 3.09. The first-order valence-electron chi connectivity index (χ1n) is 6.39. The van der Waals surface area contributed by atoms with Gasteiger partial charge < -0.3 is 14.6 Å². The Kier molecular flexibility index (Phi) is 3.57. The van der Waals surface area contributed by atoms with Crippen LogP contribution in [0.4, 0.5) is 0 Å². The lowest BCUT2D eigenvalue weighted by molar-refractivity contribution is 0.412. The number of aromatic nitrogens is 2. The maximum absolute atomic E-state index is 5.35. The smallest absolute Gasteiger partial charge is 0.135 e. The van der Waals surface area contributed by atoms with Gasteiger partial charge in [-0.3, -0.25) is 0 Å². The van der Waals surface area contributed by atoms with Crippen molar-refractivity contribution in [1.29, 1.82) is 0 Å². The van der Waals surface area contributed by atoms with Crippen molar-refractivity contribution >= 4 is 15.9 Å². The summed E-state index contributed by atoms with van der Waals surface area (Å²) in [6, 6.07) is 6.48. The summed E-state index contributed by atoms with van der Waals surface area (Å²) in [5.41, 5.74) is 2.28. The van der Waals surface area contributed by atoms with Gasteiger partial charge in [-0.05, 0) is 47.4 Å². The zero-order valence-corrected chi connectivity index (χ0v) is 12.4. The molecule has 4 nitrogen and oxygen atoms in total. The Morgan fingerprint density at radius 1 is 1.47 bits per heavy atom. The van der Waals surface area contributed by atoms with Crippen molar-refractivity contribution in [2.45, 2.75) is 18.9 Å². The third-order valence-corrected chi connectivity index (χ3v) is 4.15. The maximum atomic E-state index is 5.35. The molecule has 0 radical (unpaired) electrons. The van der Waals surface area contributed by atoms with E-state index in [1.165, 1.54) is 18.5 Å². The van der Waals surface area contributed by atoms with Crippen molar-refractivity contribution in [3.05, 3.63) is 40.9 Å². The molecule has 0 amide bonds. The van der Waals surface area contributed by atoms with Crippen LogP contribution in [0.25, 0.3) is 5.69 Å². The number of halogens is 1. The maximum Gasteiger partial charge on any atom is 0.135 e. The van der Waals surface area contributed by atoms with E-state index in [-0.39, 0.29) is 0 Å². The lowest BCUT2D eigenvalue weighted by Gasteiger charge is -2.15. The minimum Gasteiger partial charge on any atom is -0.495 e. The Bertz CT molecular complexity index is 576.